The lowest BCUT2D eigenvalue weighted by Crippen LogP contribution is -2.52. The first-order chi connectivity index (χ1) is 7.17. The highest BCUT2D eigenvalue weighted by Crippen LogP contribution is 2.62. The lowest BCUT2D eigenvalue weighted by molar-refractivity contribution is -0.258. The van der Waals surface area contributed by atoms with Crippen LogP contribution in [0, 0.1) is 23.2 Å². The molecule has 1 spiro atoms. The summed E-state index contributed by atoms with van der Waals surface area (Å²) in [5, 5.41) is 0. The molecule has 0 unspecified atom stereocenters. The SMILES string of the molecule is CC1COC(C2CC3(CC(C)C3)C2)OC1. The maximum Gasteiger partial charge on any atom is 0.160 e. The molecule has 15 heavy (non-hydrogen) atoms. The predicted octanol–water partition coefficient (Wildman–Crippen LogP) is 2.82. The molecule has 0 aromatic carbocycles. The molecule has 0 aromatic rings. The number of hydrogen-bond donors (Lipinski definition) is 0. The summed E-state index contributed by atoms with van der Waals surface area (Å²) in [7, 11) is 0. The normalized spacial score (nSPS) is 54.8. The van der Waals surface area contributed by atoms with E-state index in [1.807, 2.05) is 0 Å². The van der Waals surface area contributed by atoms with E-state index in [1.54, 1.807) is 0 Å². The minimum atomic E-state index is 0.128. The highest BCUT2D eigenvalue weighted by molar-refractivity contribution is 5.02. The van der Waals surface area contributed by atoms with Crippen LogP contribution in [0.25, 0.3) is 0 Å². The van der Waals surface area contributed by atoms with Gasteiger partial charge in [-0.15, -0.1) is 0 Å². The maximum absolute atomic E-state index is 5.76. The Morgan fingerprint density at radius 1 is 0.867 bits per heavy atom. The molecule has 2 heteroatoms. The van der Waals surface area contributed by atoms with E-state index < -0.39 is 0 Å². The molecule has 3 aliphatic rings. The third kappa shape index (κ3) is 1.72. The van der Waals surface area contributed by atoms with E-state index in [9.17, 15) is 0 Å². The van der Waals surface area contributed by atoms with Crippen molar-refractivity contribution in [1.82, 2.24) is 0 Å². The van der Waals surface area contributed by atoms with Gasteiger partial charge >= 0.3 is 0 Å². The fraction of sp³-hybridized carbons (Fsp3) is 1.00. The van der Waals surface area contributed by atoms with Gasteiger partial charge in [-0.25, -0.2) is 0 Å². The molecule has 1 aliphatic heterocycles. The molecule has 3 rings (SSSR count). The van der Waals surface area contributed by atoms with Gasteiger partial charge in [0.2, 0.25) is 0 Å². The van der Waals surface area contributed by atoms with Crippen molar-refractivity contribution < 1.29 is 9.47 Å². The third-order valence-electron chi connectivity index (χ3n) is 4.43. The molecule has 2 aliphatic carbocycles. The molecule has 86 valence electrons. The van der Waals surface area contributed by atoms with Gasteiger partial charge in [0.1, 0.15) is 0 Å². The zero-order valence-electron chi connectivity index (χ0n) is 9.87. The molecular weight excluding hydrogens is 188 g/mol. The van der Waals surface area contributed by atoms with Crippen molar-refractivity contribution in [3.05, 3.63) is 0 Å². The van der Waals surface area contributed by atoms with Crippen LogP contribution in [0.4, 0.5) is 0 Å². The van der Waals surface area contributed by atoms with Gasteiger partial charge in [0.15, 0.2) is 6.29 Å². The fourth-order valence-electron chi connectivity index (χ4n) is 3.88. The van der Waals surface area contributed by atoms with E-state index in [2.05, 4.69) is 13.8 Å². The average molecular weight is 210 g/mol. The quantitative estimate of drug-likeness (QED) is 0.662. The summed E-state index contributed by atoms with van der Waals surface area (Å²) in [5.41, 5.74) is 0.722. The van der Waals surface area contributed by atoms with Crippen LogP contribution in [0.3, 0.4) is 0 Å². The third-order valence-corrected chi connectivity index (χ3v) is 4.43. The number of hydrogen-bond acceptors (Lipinski definition) is 2. The van der Waals surface area contributed by atoms with Gasteiger partial charge in [-0.3, -0.25) is 0 Å². The van der Waals surface area contributed by atoms with Gasteiger partial charge in [0.05, 0.1) is 13.2 Å². The standard InChI is InChI=1S/C13H22O2/c1-9-3-13(4-9)5-11(6-13)12-14-7-10(2)8-15-12/h9-12H,3-8H2,1-2H3. The van der Waals surface area contributed by atoms with E-state index in [4.69, 9.17) is 9.47 Å². The second kappa shape index (κ2) is 3.46. The van der Waals surface area contributed by atoms with Crippen LogP contribution in [0.15, 0.2) is 0 Å². The Hall–Kier alpha value is -0.0800. The van der Waals surface area contributed by atoms with Gasteiger partial charge in [-0.2, -0.15) is 0 Å². The smallest absolute Gasteiger partial charge is 0.160 e. The van der Waals surface area contributed by atoms with Crippen molar-refractivity contribution in [1.29, 1.82) is 0 Å². The molecule has 0 atom stereocenters. The topological polar surface area (TPSA) is 18.5 Å². The first kappa shape index (κ1) is 10.1. The molecule has 0 N–H and O–H groups in total. The molecular formula is C13H22O2. The molecule has 0 amide bonds. The van der Waals surface area contributed by atoms with Crippen molar-refractivity contribution in [2.75, 3.05) is 13.2 Å². The van der Waals surface area contributed by atoms with Crippen molar-refractivity contribution >= 4 is 0 Å². The largest absolute Gasteiger partial charge is 0.352 e. The lowest BCUT2D eigenvalue weighted by atomic mass is 9.48. The van der Waals surface area contributed by atoms with E-state index in [1.165, 1.54) is 25.7 Å². The molecule has 1 heterocycles. The van der Waals surface area contributed by atoms with Crippen LogP contribution in [-0.4, -0.2) is 19.5 Å². The summed E-state index contributed by atoms with van der Waals surface area (Å²) in [6.07, 6.45) is 5.74. The Bertz CT molecular complexity index is 229. The van der Waals surface area contributed by atoms with E-state index in [-0.39, 0.29) is 6.29 Å². The summed E-state index contributed by atoms with van der Waals surface area (Å²) < 4.78 is 11.5. The van der Waals surface area contributed by atoms with E-state index >= 15 is 0 Å². The first-order valence-electron chi connectivity index (χ1n) is 6.40. The van der Waals surface area contributed by atoms with Crippen LogP contribution < -0.4 is 0 Å². The maximum atomic E-state index is 5.76. The Kier molecular flexibility index (Phi) is 2.33. The van der Waals surface area contributed by atoms with Crippen LogP contribution in [0.2, 0.25) is 0 Å². The molecule has 1 saturated heterocycles. The van der Waals surface area contributed by atoms with E-state index in [0.717, 1.165) is 24.5 Å². The minimum absolute atomic E-state index is 0.128. The highest BCUT2D eigenvalue weighted by atomic mass is 16.7. The van der Waals surface area contributed by atoms with Gasteiger partial charge in [0.25, 0.3) is 0 Å². The van der Waals surface area contributed by atoms with Gasteiger partial charge < -0.3 is 9.47 Å². The Balaban J connectivity index is 1.47. The van der Waals surface area contributed by atoms with Crippen LogP contribution in [-0.2, 0) is 9.47 Å². The molecule has 0 radical (unpaired) electrons. The fourth-order valence-corrected chi connectivity index (χ4v) is 3.88. The average Bonchev–Trinajstić information content (AvgIpc) is 2.11. The first-order valence-corrected chi connectivity index (χ1v) is 6.40. The zero-order valence-corrected chi connectivity index (χ0v) is 9.87. The highest BCUT2D eigenvalue weighted by Gasteiger charge is 2.54. The summed E-state index contributed by atoms with van der Waals surface area (Å²) >= 11 is 0. The Morgan fingerprint density at radius 3 is 2.00 bits per heavy atom. The second-order valence-electron chi connectivity index (χ2n) is 6.32. The molecule has 3 fully saturated rings. The summed E-state index contributed by atoms with van der Waals surface area (Å²) in [4.78, 5) is 0. The van der Waals surface area contributed by atoms with Crippen LogP contribution in [0.5, 0.6) is 0 Å². The summed E-state index contributed by atoms with van der Waals surface area (Å²) in [6, 6.07) is 0. The summed E-state index contributed by atoms with van der Waals surface area (Å²) in [6.45, 7) is 6.34. The Labute approximate surface area is 92.3 Å². The van der Waals surface area contributed by atoms with Crippen LogP contribution in [0.1, 0.15) is 39.5 Å². The van der Waals surface area contributed by atoms with Crippen molar-refractivity contribution in [3.63, 3.8) is 0 Å². The van der Waals surface area contributed by atoms with Crippen molar-refractivity contribution in [3.8, 4) is 0 Å². The van der Waals surface area contributed by atoms with Crippen LogP contribution >= 0.6 is 0 Å². The Morgan fingerprint density at radius 2 is 1.47 bits per heavy atom. The molecule has 2 nitrogen and oxygen atoms in total. The van der Waals surface area contributed by atoms with Gasteiger partial charge in [0, 0.05) is 11.8 Å². The van der Waals surface area contributed by atoms with E-state index in [0.29, 0.717) is 11.8 Å². The number of rotatable bonds is 1. The summed E-state index contributed by atoms with van der Waals surface area (Å²) in [5.74, 6) is 2.25. The van der Waals surface area contributed by atoms with Crippen molar-refractivity contribution in [2.45, 2.75) is 45.8 Å². The molecule has 2 saturated carbocycles. The predicted molar refractivity (Wildman–Crippen MR) is 58.4 cm³/mol. The second-order valence-corrected chi connectivity index (χ2v) is 6.32. The molecule has 0 aromatic heterocycles. The van der Waals surface area contributed by atoms with Crippen molar-refractivity contribution in [2.24, 2.45) is 23.2 Å². The van der Waals surface area contributed by atoms with Gasteiger partial charge in [-0.1, -0.05) is 13.8 Å². The minimum Gasteiger partial charge on any atom is -0.352 e. The monoisotopic (exact) mass is 210 g/mol. The zero-order chi connectivity index (χ0) is 10.5. The number of ether oxygens (including phenoxy) is 2. The van der Waals surface area contributed by atoms with Gasteiger partial charge in [-0.05, 0) is 37.0 Å². The molecule has 0 bridgehead atoms. The lowest BCUT2D eigenvalue weighted by Gasteiger charge is -2.58.